The summed E-state index contributed by atoms with van der Waals surface area (Å²) in [7, 11) is 1.64. The molecular weight excluding hydrogens is 148 g/mol. The van der Waals surface area contributed by atoms with Gasteiger partial charge in [-0.2, -0.15) is 0 Å². The second-order valence-electron chi connectivity index (χ2n) is 2.21. The fourth-order valence-electron chi connectivity index (χ4n) is 0.835. The second-order valence-corrected chi connectivity index (χ2v) is 2.21. The summed E-state index contributed by atoms with van der Waals surface area (Å²) in [5, 5.41) is 0. The Morgan fingerprint density at radius 2 is 2.33 bits per heavy atom. The zero-order valence-corrected chi connectivity index (χ0v) is 7.00. The van der Waals surface area contributed by atoms with E-state index in [1.165, 1.54) is 0 Å². The Bertz CT molecular complexity index is 328. The van der Waals surface area contributed by atoms with E-state index in [-0.39, 0.29) is 0 Å². The smallest absolute Gasteiger partial charge is 0.120 e. The summed E-state index contributed by atoms with van der Waals surface area (Å²) >= 11 is 0. The minimum atomic E-state index is 0.825. The van der Waals surface area contributed by atoms with Crippen molar-refractivity contribution in [3.05, 3.63) is 42.5 Å². The van der Waals surface area contributed by atoms with Crippen LogP contribution >= 0.6 is 0 Å². The summed E-state index contributed by atoms with van der Waals surface area (Å²) in [6.45, 7) is 3.51. The fraction of sp³-hybridized carbons (Fsp3) is 0.0909. The maximum Gasteiger partial charge on any atom is 0.120 e. The van der Waals surface area contributed by atoms with E-state index in [9.17, 15) is 0 Å². The van der Waals surface area contributed by atoms with Crippen LogP contribution < -0.4 is 4.74 Å². The molecular formula is C11H10O. The van der Waals surface area contributed by atoms with Gasteiger partial charge in [-0.15, -0.1) is 0 Å². The van der Waals surface area contributed by atoms with Crippen molar-refractivity contribution in [1.29, 1.82) is 0 Å². The van der Waals surface area contributed by atoms with Gasteiger partial charge in [-0.25, -0.2) is 0 Å². The third-order valence-corrected chi connectivity index (χ3v) is 1.39. The predicted molar refractivity (Wildman–Crippen MR) is 50.1 cm³/mol. The van der Waals surface area contributed by atoms with Crippen molar-refractivity contribution >= 4 is 0 Å². The highest BCUT2D eigenvalue weighted by atomic mass is 16.5. The molecule has 0 bridgehead atoms. The van der Waals surface area contributed by atoms with Gasteiger partial charge in [-0.1, -0.05) is 24.5 Å². The Kier molecular flexibility index (Phi) is 2.98. The van der Waals surface area contributed by atoms with Crippen LogP contribution in [0.3, 0.4) is 0 Å². The number of hydrogen-bond acceptors (Lipinski definition) is 1. The Balaban J connectivity index is 2.93. The quantitative estimate of drug-likeness (QED) is 0.569. The van der Waals surface area contributed by atoms with Crippen LogP contribution in [0.5, 0.6) is 5.75 Å². The zero-order valence-electron chi connectivity index (χ0n) is 7.00. The Morgan fingerprint density at radius 1 is 1.50 bits per heavy atom. The van der Waals surface area contributed by atoms with Crippen molar-refractivity contribution in [3.8, 4) is 17.6 Å². The second kappa shape index (κ2) is 4.25. The maximum atomic E-state index is 5.04. The normalized spacial score (nSPS) is 8.08. The molecule has 1 aromatic rings. The first kappa shape index (κ1) is 8.42. The van der Waals surface area contributed by atoms with Crippen molar-refractivity contribution in [2.24, 2.45) is 0 Å². The van der Waals surface area contributed by atoms with Crippen LogP contribution in [-0.2, 0) is 0 Å². The van der Waals surface area contributed by atoms with Crippen molar-refractivity contribution in [1.82, 2.24) is 0 Å². The molecule has 0 saturated carbocycles. The largest absolute Gasteiger partial charge is 0.497 e. The number of hydrogen-bond donors (Lipinski definition) is 0. The van der Waals surface area contributed by atoms with E-state index in [1.807, 2.05) is 24.3 Å². The van der Waals surface area contributed by atoms with Gasteiger partial charge < -0.3 is 4.74 Å². The Morgan fingerprint density at radius 3 is 3.00 bits per heavy atom. The van der Waals surface area contributed by atoms with Crippen LogP contribution in [0.4, 0.5) is 0 Å². The van der Waals surface area contributed by atoms with Crippen LogP contribution in [0.2, 0.25) is 0 Å². The number of rotatable bonds is 1. The van der Waals surface area contributed by atoms with Gasteiger partial charge in [0.25, 0.3) is 0 Å². The molecule has 0 spiro atoms. The summed E-state index contributed by atoms with van der Waals surface area (Å²) in [5.41, 5.74) is 0.939. The van der Waals surface area contributed by atoms with E-state index in [0.717, 1.165) is 11.3 Å². The standard InChI is InChI=1S/C11H10O/c1-3-4-6-10-7-5-8-11(9-10)12-2/h3,5,7-9H,1H2,2H3. The molecule has 12 heavy (non-hydrogen) atoms. The topological polar surface area (TPSA) is 9.23 Å². The third kappa shape index (κ3) is 2.17. The highest BCUT2D eigenvalue weighted by Gasteiger charge is 1.89. The number of methoxy groups -OCH3 is 1. The van der Waals surface area contributed by atoms with Crippen LogP contribution in [-0.4, -0.2) is 7.11 Å². The molecule has 1 rings (SSSR count). The molecule has 0 aromatic heterocycles. The minimum Gasteiger partial charge on any atom is -0.497 e. The summed E-state index contributed by atoms with van der Waals surface area (Å²) < 4.78 is 5.04. The molecule has 0 radical (unpaired) electrons. The van der Waals surface area contributed by atoms with Crippen molar-refractivity contribution in [3.63, 3.8) is 0 Å². The van der Waals surface area contributed by atoms with Gasteiger partial charge >= 0.3 is 0 Å². The first-order valence-electron chi connectivity index (χ1n) is 3.63. The van der Waals surface area contributed by atoms with Crippen LogP contribution in [0.15, 0.2) is 36.9 Å². The molecule has 0 heterocycles. The van der Waals surface area contributed by atoms with E-state index in [0.29, 0.717) is 0 Å². The van der Waals surface area contributed by atoms with Gasteiger partial charge in [-0.3, -0.25) is 0 Å². The highest BCUT2D eigenvalue weighted by molar-refractivity contribution is 5.41. The molecule has 1 aromatic carbocycles. The fourth-order valence-corrected chi connectivity index (χ4v) is 0.835. The Hall–Kier alpha value is -1.68. The lowest BCUT2D eigenvalue weighted by Crippen LogP contribution is -1.82. The predicted octanol–water partition coefficient (Wildman–Crippen LogP) is 2.23. The number of benzene rings is 1. The lowest BCUT2D eigenvalue weighted by molar-refractivity contribution is 0.414. The summed E-state index contributed by atoms with van der Waals surface area (Å²) in [5.74, 6) is 6.52. The Labute approximate surface area is 72.7 Å². The minimum absolute atomic E-state index is 0.825. The van der Waals surface area contributed by atoms with Gasteiger partial charge in [0.15, 0.2) is 0 Å². The van der Waals surface area contributed by atoms with Crippen LogP contribution in [0.25, 0.3) is 0 Å². The maximum absolute atomic E-state index is 5.04. The molecule has 0 unspecified atom stereocenters. The lowest BCUT2D eigenvalue weighted by atomic mass is 10.2. The number of allylic oxidation sites excluding steroid dienone is 1. The monoisotopic (exact) mass is 158 g/mol. The first-order chi connectivity index (χ1) is 5.86. The summed E-state index contributed by atoms with van der Waals surface area (Å²) in [6.07, 6.45) is 1.57. The van der Waals surface area contributed by atoms with Gasteiger partial charge in [-0.05, 0) is 24.3 Å². The molecule has 0 amide bonds. The SMILES string of the molecule is C=CC#Cc1cccc(OC)c1. The molecule has 0 saturated heterocycles. The third-order valence-electron chi connectivity index (χ3n) is 1.39. The average molecular weight is 158 g/mol. The first-order valence-corrected chi connectivity index (χ1v) is 3.63. The lowest BCUT2D eigenvalue weighted by Gasteiger charge is -1.97. The molecule has 0 atom stereocenters. The van der Waals surface area contributed by atoms with Crippen molar-refractivity contribution in [2.75, 3.05) is 7.11 Å². The van der Waals surface area contributed by atoms with Crippen LogP contribution in [0, 0.1) is 11.8 Å². The molecule has 0 aliphatic carbocycles. The van der Waals surface area contributed by atoms with Gasteiger partial charge in [0.05, 0.1) is 7.11 Å². The average Bonchev–Trinajstić information content (AvgIpc) is 2.15. The van der Waals surface area contributed by atoms with E-state index in [2.05, 4.69) is 18.4 Å². The number of ether oxygens (including phenoxy) is 1. The highest BCUT2D eigenvalue weighted by Crippen LogP contribution is 2.10. The zero-order chi connectivity index (χ0) is 8.81. The molecule has 0 aliphatic rings. The van der Waals surface area contributed by atoms with E-state index in [1.54, 1.807) is 13.2 Å². The molecule has 60 valence electrons. The van der Waals surface area contributed by atoms with Gasteiger partial charge in [0.2, 0.25) is 0 Å². The molecule has 1 nitrogen and oxygen atoms in total. The molecule has 1 heteroatoms. The van der Waals surface area contributed by atoms with Crippen LogP contribution in [0.1, 0.15) is 5.56 Å². The van der Waals surface area contributed by atoms with E-state index >= 15 is 0 Å². The molecule has 0 N–H and O–H groups in total. The van der Waals surface area contributed by atoms with E-state index < -0.39 is 0 Å². The summed E-state index contributed by atoms with van der Waals surface area (Å²) in [6, 6.07) is 7.61. The molecule has 0 fully saturated rings. The van der Waals surface area contributed by atoms with Crippen molar-refractivity contribution in [2.45, 2.75) is 0 Å². The van der Waals surface area contributed by atoms with E-state index in [4.69, 9.17) is 4.74 Å². The van der Waals surface area contributed by atoms with Crippen molar-refractivity contribution < 1.29 is 4.74 Å². The molecule has 0 aliphatic heterocycles. The van der Waals surface area contributed by atoms with Gasteiger partial charge in [0.1, 0.15) is 5.75 Å². The summed E-state index contributed by atoms with van der Waals surface area (Å²) in [4.78, 5) is 0. The van der Waals surface area contributed by atoms with Gasteiger partial charge in [0, 0.05) is 5.56 Å².